The minimum absolute atomic E-state index is 0.0920. The second kappa shape index (κ2) is 11.4. The molecule has 1 saturated heterocycles. The van der Waals surface area contributed by atoms with Crippen molar-refractivity contribution in [2.45, 2.75) is 31.5 Å². The average molecular weight is 479 g/mol. The summed E-state index contributed by atoms with van der Waals surface area (Å²) in [5.74, 6) is -0.201. The minimum atomic E-state index is -1.03. The Morgan fingerprint density at radius 2 is 1.91 bits per heavy atom. The van der Waals surface area contributed by atoms with Crippen LogP contribution in [-0.4, -0.2) is 60.3 Å². The van der Waals surface area contributed by atoms with Crippen LogP contribution < -0.4 is 15.5 Å². The lowest BCUT2D eigenvalue weighted by Crippen LogP contribution is -2.60. The number of benzene rings is 2. The SMILES string of the molecule is O=C(N[C@H]1CC=CCCNC(=O)[C@H]2CN(C(=O)O)CCN2c2cccc1c2)OCc1ccccc1. The van der Waals surface area contributed by atoms with Gasteiger partial charge >= 0.3 is 12.2 Å². The molecule has 2 aromatic carbocycles. The lowest BCUT2D eigenvalue weighted by atomic mass is 10.0. The van der Waals surface area contributed by atoms with Crippen LogP contribution in [0.5, 0.6) is 0 Å². The maximum atomic E-state index is 12.9. The second-order valence-corrected chi connectivity index (χ2v) is 8.58. The van der Waals surface area contributed by atoms with Gasteiger partial charge in [0.2, 0.25) is 5.91 Å². The molecule has 2 aliphatic heterocycles. The Balaban J connectivity index is 1.55. The number of carbonyl (C=O) groups excluding carboxylic acids is 2. The Bertz CT molecular complexity index is 1070. The van der Waals surface area contributed by atoms with Crippen molar-refractivity contribution in [1.82, 2.24) is 15.5 Å². The Kier molecular flexibility index (Phi) is 7.87. The second-order valence-electron chi connectivity index (χ2n) is 8.58. The van der Waals surface area contributed by atoms with Crippen LogP contribution in [0.15, 0.2) is 66.7 Å². The summed E-state index contributed by atoms with van der Waals surface area (Å²) in [5, 5.41) is 15.3. The van der Waals surface area contributed by atoms with Crippen molar-refractivity contribution in [1.29, 1.82) is 0 Å². The summed E-state index contributed by atoms with van der Waals surface area (Å²) in [6, 6.07) is 16.2. The van der Waals surface area contributed by atoms with Crippen molar-refractivity contribution in [3.8, 4) is 0 Å². The molecule has 184 valence electrons. The number of hydrogen-bond acceptors (Lipinski definition) is 5. The van der Waals surface area contributed by atoms with Gasteiger partial charge in [-0.15, -0.1) is 0 Å². The maximum absolute atomic E-state index is 12.9. The molecule has 4 rings (SSSR count). The van der Waals surface area contributed by atoms with E-state index in [1.807, 2.05) is 71.6 Å². The van der Waals surface area contributed by atoms with Gasteiger partial charge in [-0.25, -0.2) is 9.59 Å². The first-order valence-corrected chi connectivity index (χ1v) is 11.8. The molecular formula is C26H30N4O5. The van der Waals surface area contributed by atoms with Gasteiger partial charge in [0.15, 0.2) is 0 Å². The molecule has 35 heavy (non-hydrogen) atoms. The molecule has 0 spiro atoms. The van der Waals surface area contributed by atoms with Crippen LogP contribution in [0.2, 0.25) is 0 Å². The van der Waals surface area contributed by atoms with Crippen LogP contribution in [0.3, 0.4) is 0 Å². The molecule has 1 fully saturated rings. The van der Waals surface area contributed by atoms with Crippen LogP contribution >= 0.6 is 0 Å². The number of fused-ring (bicyclic) bond motifs is 4. The zero-order chi connectivity index (χ0) is 24.6. The van der Waals surface area contributed by atoms with E-state index < -0.39 is 18.2 Å². The third-order valence-electron chi connectivity index (χ3n) is 6.21. The molecule has 3 N–H and O–H groups in total. The van der Waals surface area contributed by atoms with E-state index in [0.717, 1.165) is 16.8 Å². The number of rotatable bonds is 3. The summed E-state index contributed by atoms with van der Waals surface area (Å²) < 4.78 is 5.43. The largest absolute Gasteiger partial charge is 0.465 e. The van der Waals surface area contributed by atoms with Crippen LogP contribution in [0.4, 0.5) is 15.3 Å². The van der Waals surface area contributed by atoms with Crippen molar-refractivity contribution in [3.05, 3.63) is 77.9 Å². The van der Waals surface area contributed by atoms with Gasteiger partial charge in [0.25, 0.3) is 0 Å². The number of piperazine rings is 1. The Hall–Kier alpha value is -4.01. The first-order valence-electron chi connectivity index (χ1n) is 11.8. The zero-order valence-corrected chi connectivity index (χ0v) is 19.4. The van der Waals surface area contributed by atoms with Crippen LogP contribution in [0, 0.1) is 0 Å². The number of carboxylic acid groups (broad SMARTS) is 1. The van der Waals surface area contributed by atoms with E-state index in [9.17, 15) is 19.5 Å². The summed E-state index contributed by atoms with van der Waals surface area (Å²) >= 11 is 0. The van der Waals surface area contributed by atoms with Gasteiger partial charge in [0.1, 0.15) is 12.6 Å². The van der Waals surface area contributed by atoms with Crippen molar-refractivity contribution < 1.29 is 24.2 Å². The zero-order valence-electron chi connectivity index (χ0n) is 19.4. The van der Waals surface area contributed by atoms with Crippen LogP contribution in [0.25, 0.3) is 0 Å². The number of nitrogens with one attached hydrogen (secondary N) is 2. The standard InChI is InChI=1S/C26H30N4O5/c31-24-23-17-29(26(33)34)14-15-30(23)21-11-7-10-20(16-21)22(12-5-2-6-13-27-24)28-25(32)35-18-19-8-3-1-4-9-19/h1-5,7-11,16,22-23H,6,12-15,17-18H2,(H,27,31)(H,28,32)(H,33,34)/t22-,23+/m0/s1. The molecule has 2 bridgehead atoms. The molecule has 0 unspecified atom stereocenters. The van der Waals surface area contributed by atoms with Crippen molar-refractivity contribution >= 4 is 23.8 Å². The number of ether oxygens (including phenoxy) is 1. The summed E-state index contributed by atoms with van der Waals surface area (Å²) in [6.45, 7) is 1.41. The Labute approximate surface area is 204 Å². The van der Waals surface area contributed by atoms with Crippen molar-refractivity contribution in [2.75, 3.05) is 31.1 Å². The van der Waals surface area contributed by atoms with Gasteiger partial charge in [0.05, 0.1) is 12.6 Å². The highest BCUT2D eigenvalue weighted by atomic mass is 16.5. The number of nitrogens with zero attached hydrogens (tertiary/aromatic N) is 2. The Morgan fingerprint density at radius 1 is 1.09 bits per heavy atom. The maximum Gasteiger partial charge on any atom is 0.407 e. The highest BCUT2D eigenvalue weighted by molar-refractivity contribution is 5.86. The predicted molar refractivity (Wildman–Crippen MR) is 131 cm³/mol. The molecule has 3 amide bonds. The fraction of sp³-hybridized carbons (Fsp3) is 0.346. The highest BCUT2D eigenvalue weighted by Gasteiger charge is 2.34. The minimum Gasteiger partial charge on any atom is -0.465 e. The molecule has 2 atom stereocenters. The first kappa shape index (κ1) is 24.1. The normalized spacial score (nSPS) is 20.4. The van der Waals surface area contributed by atoms with E-state index in [2.05, 4.69) is 10.6 Å². The molecule has 2 aromatic rings. The molecule has 2 aliphatic rings. The van der Waals surface area contributed by atoms with Crippen LogP contribution in [0.1, 0.15) is 30.0 Å². The lowest BCUT2D eigenvalue weighted by Gasteiger charge is -2.41. The molecule has 0 aliphatic carbocycles. The number of hydrogen-bond donors (Lipinski definition) is 3. The van der Waals surface area contributed by atoms with Gasteiger partial charge in [-0.05, 0) is 36.1 Å². The number of carbonyl (C=O) groups is 3. The first-order chi connectivity index (χ1) is 17.0. The van der Waals surface area contributed by atoms with Crippen molar-refractivity contribution in [2.24, 2.45) is 0 Å². The smallest absolute Gasteiger partial charge is 0.407 e. The quantitative estimate of drug-likeness (QED) is 0.584. The monoisotopic (exact) mass is 478 g/mol. The van der Waals surface area contributed by atoms with E-state index in [-0.39, 0.29) is 25.1 Å². The third-order valence-corrected chi connectivity index (χ3v) is 6.21. The molecule has 0 aromatic heterocycles. The van der Waals surface area contributed by atoms with E-state index in [1.54, 1.807) is 0 Å². The Morgan fingerprint density at radius 3 is 2.71 bits per heavy atom. The summed E-state index contributed by atoms with van der Waals surface area (Å²) in [6.07, 6.45) is 3.60. The molecule has 2 heterocycles. The van der Waals surface area contributed by atoms with E-state index in [4.69, 9.17) is 4.74 Å². The number of anilines is 1. The van der Waals surface area contributed by atoms with Gasteiger partial charge < -0.3 is 30.3 Å². The van der Waals surface area contributed by atoms with Crippen LogP contribution in [-0.2, 0) is 16.1 Å². The highest BCUT2D eigenvalue weighted by Crippen LogP contribution is 2.27. The van der Waals surface area contributed by atoms with Gasteiger partial charge in [-0.3, -0.25) is 4.79 Å². The lowest BCUT2D eigenvalue weighted by molar-refractivity contribution is -0.123. The fourth-order valence-electron chi connectivity index (χ4n) is 4.34. The summed E-state index contributed by atoms with van der Waals surface area (Å²) in [4.78, 5) is 40.3. The van der Waals surface area contributed by atoms with Gasteiger partial charge in [-0.1, -0.05) is 54.6 Å². The van der Waals surface area contributed by atoms with Gasteiger partial charge in [0, 0.05) is 25.3 Å². The topological polar surface area (TPSA) is 111 Å². The van der Waals surface area contributed by atoms with E-state index in [1.165, 1.54) is 4.90 Å². The van der Waals surface area contributed by atoms with E-state index >= 15 is 0 Å². The number of amides is 3. The molecule has 0 radical (unpaired) electrons. The van der Waals surface area contributed by atoms with Crippen molar-refractivity contribution in [3.63, 3.8) is 0 Å². The number of alkyl carbamates (subject to hydrolysis) is 1. The fourth-order valence-corrected chi connectivity index (χ4v) is 4.34. The molecule has 9 heteroatoms. The third kappa shape index (κ3) is 6.32. The predicted octanol–water partition coefficient (Wildman–Crippen LogP) is 3.29. The summed E-state index contributed by atoms with van der Waals surface area (Å²) in [5.41, 5.74) is 2.59. The van der Waals surface area contributed by atoms with Gasteiger partial charge in [-0.2, -0.15) is 0 Å². The molecular weight excluding hydrogens is 448 g/mol. The van der Waals surface area contributed by atoms with E-state index in [0.29, 0.717) is 32.5 Å². The molecule has 0 saturated carbocycles. The average Bonchev–Trinajstić information content (AvgIpc) is 2.89. The molecule has 9 nitrogen and oxygen atoms in total. The summed E-state index contributed by atoms with van der Waals surface area (Å²) in [7, 11) is 0.